The number of carboxylic acids is 1. The Labute approximate surface area is 156 Å². The highest BCUT2D eigenvalue weighted by Crippen LogP contribution is 2.32. The number of aliphatic carboxylic acids is 1. The lowest BCUT2D eigenvalue weighted by Gasteiger charge is -2.10. The van der Waals surface area contributed by atoms with Crippen LogP contribution in [0.25, 0.3) is 11.8 Å². The van der Waals surface area contributed by atoms with E-state index in [1.54, 1.807) is 41.1 Å². The summed E-state index contributed by atoms with van der Waals surface area (Å²) >= 11 is 6.10. The van der Waals surface area contributed by atoms with Crippen LogP contribution >= 0.6 is 24.0 Å². The Hall–Kier alpha value is -2.98. The summed E-state index contributed by atoms with van der Waals surface area (Å²) in [4.78, 5) is 34.8. The summed E-state index contributed by atoms with van der Waals surface area (Å²) in [5.41, 5.74) is 1.33. The molecule has 2 heterocycles. The molecule has 10 heteroatoms. The smallest absolute Gasteiger partial charge is 0.323 e. The van der Waals surface area contributed by atoms with Gasteiger partial charge in [0, 0.05) is 29.7 Å². The number of carbonyl (C=O) groups is 2. The van der Waals surface area contributed by atoms with Crippen LogP contribution in [0.3, 0.4) is 0 Å². The standard InChI is InChI=1S/C16H11N3O5S2/c20-14(21)9-18-15(22)13(26-16(18)25)8-12-2-1-7-17(12)10-3-5-11(6-4-10)19(23)24/h1-8H,9H2,(H,20,21)/b13-8-. The lowest BCUT2D eigenvalue weighted by Crippen LogP contribution is -2.33. The average Bonchev–Trinajstić information content (AvgIpc) is 3.15. The highest BCUT2D eigenvalue weighted by molar-refractivity contribution is 8.26. The Kier molecular flexibility index (Phi) is 4.87. The van der Waals surface area contributed by atoms with Gasteiger partial charge in [0.15, 0.2) is 0 Å². The van der Waals surface area contributed by atoms with E-state index in [0.29, 0.717) is 16.3 Å². The molecule has 0 radical (unpaired) electrons. The zero-order chi connectivity index (χ0) is 18.8. The van der Waals surface area contributed by atoms with Crippen LogP contribution in [0, 0.1) is 10.1 Å². The number of benzene rings is 1. The second-order valence-corrected chi connectivity index (χ2v) is 6.91. The average molecular weight is 389 g/mol. The molecule has 132 valence electrons. The van der Waals surface area contributed by atoms with Crippen LogP contribution in [0.15, 0.2) is 47.5 Å². The molecule has 0 aliphatic carbocycles. The van der Waals surface area contributed by atoms with Gasteiger partial charge in [0.25, 0.3) is 11.6 Å². The van der Waals surface area contributed by atoms with E-state index in [0.717, 1.165) is 16.7 Å². The van der Waals surface area contributed by atoms with Crippen molar-refractivity contribution in [2.24, 2.45) is 0 Å². The van der Waals surface area contributed by atoms with Gasteiger partial charge in [-0.25, -0.2) is 0 Å². The number of hydrogen-bond acceptors (Lipinski definition) is 6. The Bertz CT molecular complexity index is 949. The molecule has 1 fully saturated rings. The third kappa shape index (κ3) is 3.51. The molecule has 0 unspecified atom stereocenters. The van der Waals surface area contributed by atoms with Crippen molar-refractivity contribution in [1.29, 1.82) is 0 Å². The fourth-order valence-electron chi connectivity index (χ4n) is 2.39. The first-order valence-electron chi connectivity index (χ1n) is 7.26. The number of carbonyl (C=O) groups excluding carboxylic acids is 1. The largest absolute Gasteiger partial charge is 0.480 e. The van der Waals surface area contributed by atoms with Gasteiger partial charge in [0.05, 0.1) is 9.83 Å². The molecule has 3 rings (SSSR count). The molecule has 0 bridgehead atoms. The van der Waals surface area contributed by atoms with E-state index in [2.05, 4.69) is 0 Å². The van der Waals surface area contributed by atoms with Crippen molar-refractivity contribution >= 4 is 51.9 Å². The fourth-order valence-corrected chi connectivity index (χ4v) is 3.63. The minimum absolute atomic E-state index is 0.0167. The van der Waals surface area contributed by atoms with Crippen molar-refractivity contribution in [3.63, 3.8) is 0 Å². The topological polar surface area (TPSA) is 106 Å². The van der Waals surface area contributed by atoms with Gasteiger partial charge in [-0.15, -0.1) is 0 Å². The van der Waals surface area contributed by atoms with Crippen LogP contribution in [0.2, 0.25) is 0 Å². The molecular formula is C16H11N3O5S2. The first-order chi connectivity index (χ1) is 12.4. The second kappa shape index (κ2) is 7.10. The van der Waals surface area contributed by atoms with Crippen molar-refractivity contribution in [3.05, 3.63) is 63.3 Å². The predicted octanol–water partition coefficient (Wildman–Crippen LogP) is 2.67. The van der Waals surface area contributed by atoms with E-state index in [1.165, 1.54) is 12.1 Å². The van der Waals surface area contributed by atoms with Gasteiger partial charge in [-0.3, -0.25) is 24.6 Å². The number of rotatable bonds is 5. The summed E-state index contributed by atoms with van der Waals surface area (Å²) in [6.45, 7) is -0.481. The molecule has 0 atom stereocenters. The van der Waals surface area contributed by atoms with Gasteiger partial charge in [0.1, 0.15) is 10.9 Å². The number of aromatic nitrogens is 1. The number of hydrogen-bond donors (Lipinski definition) is 1. The fraction of sp³-hybridized carbons (Fsp3) is 0.0625. The van der Waals surface area contributed by atoms with E-state index < -0.39 is 23.3 Å². The van der Waals surface area contributed by atoms with Crippen molar-refractivity contribution in [2.45, 2.75) is 0 Å². The normalized spacial score (nSPS) is 15.7. The summed E-state index contributed by atoms with van der Waals surface area (Å²) in [5, 5.41) is 19.6. The van der Waals surface area contributed by atoms with E-state index in [9.17, 15) is 19.7 Å². The van der Waals surface area contributed by atoms with Crippen molar-refractivity contribution in [2.75, 3.05) is 6.54 Å². The highest BCUT2D eigenvalue weighted by atomic mass is 32.2. The molecule has 1 N–H and O–H groups in total. The van der Waals surface area contributed by atoms with Gasteiger partial charge in [0.2, 0.25) is 0 Å². The highest BCUT2D eigenvalue weighted by Gasteiger charge is 2.33. The number of amides is 1. The number of thiocarbonyl (C=S) groups is 1. The molecule has 1 aromatic carbocycles. The summed E-state index contributed by atoms with van der Waals surface area (Å²) in [6.07, 6.45) is 3.37. The van der Waals surface area contributed by atoms with Gasteiger partial charge in [-0.1, -0.05) is 24.0 Å². The number of thioether (sulfide) groups is 1. The molecule has 8 nitrogen and oxygen atoms in total. The number of non-ortho nitro benzene ring substituents is 1. The second-order valence-electron chi connectivity index (χ2n) is 5.24. The molecule has 1 amide bonds. The van der Waals surface area contributed by atoms with E-state index in [4.69, 9.17) is 17.3 Å². The minimum atomic E-state index is -1.14. The Morgan fingerprint density at radius 1 is 1.31 bits per heavy atom. The van der Waals surface area contributed by atoms with Crippen LogP contribution in [0.4, 0.5) is 5.69 Å². The third-order valence-electron chi connectivity index (χ3n) is 3.56. The molecule has 0 saturated carbocycles. The van der Waals surface area contributed by atoms with E-state index in [-0.39, 0.29) is 10.0 Å². The maximum absolute atomic E-state index is 12.3. The predicted molar refractivity (Wildman–Crippen MR) is 99.9 cm³/mol. The van der Waals surface area contributed by atoms with Crippen LogP contribution in [0.5, 0.6) is 0 Å². The van der Waals surface area contributed by atoms with Gasteiger partial charge in [-0.05, 0) is 30.3 Å². The van der Waals surface area contributed by atoms with Gasteiger partial charge >= 0.3 is 5.97 Å². The van der Waals surface area contributed by atoms with E-state index in [1.807, 2.05) is 0 Å². The van der Waals surface area contributed by atoms with E-state index >= 15 is 0 Å². The van der Waals surface area contributed by atoms with Crippen LogP contribution in [-0.4, -0.2) is 42.2 Å². The number of nitro groups is 1. The molecule has 26 heavy (non-hydrogen) atoms. The quantitative estimate of drug-likeness (QED) is 0.363. The molecule has 2 aromatic rings. The van der Waals surface area contributed by atoms with Gasteiger partial charge < -0.3 is 9.67 Å². The Morgan fingerprint density at radius 3 is 2.62 bits per heavy atom. The molecule has 0 spiro atoms. The first-order valence-corrected chi connectivity index (χ1v) is 8.48. The van der Waals surface area contributed by atoms with Gasteiger partial charge in [-0.2, -0.15) is 0 Å². The molecule has 1 aliphatic rings. The van der Waals surface area contributed by atoms with Crippen LogP contribution in [-0.2, 0) is 9.59 Å². The van der Waals surface area contributed by atoms with Crippen molar-refractivity contribution in [3.8, 4) is 5.69 Å². The Morgan fingerprint density at radius 2 is 2.00 bits per heavy atom. The minimum Gasteiger partial charge on any atom is -0.480 e. The van der Waals surface area contributed by atoms with Crippen LogP contribution < -0.4 is 0 Å². The summed E-state index contributed by atoms with van der Waals surface area (Å²) in [5.74, 6) is -1.60. The number of nitro benzene ring substituents is 1. The maximum Gasteiger partial charge on any atom is 0.323 e. The SMILES string of the molecule is O=C(O)CN1C(=O)/C(=C/c2cccn2-c2ccc([N+](=O)[O-])cc2)SC1=S. The Balaban J connectivity index is 1.90. The lowest BCUT2D eigenvalue weighted by molar-refractivity contribution is -0.384. The van der Waals surface area contributed by atoms with Crippen molar-refractivity contribution in [1.82, 2.24) is 9.47 Å². The molecule has 1 aliphatic heterocycles. The zero-order valence-corrected chi connectivity index (χ0v) is 14.7. The zero-order valence-electron chi connectivity index (χ0n) is 13.1. The number of carboxylic acid groups (broad SMARTS) is 1. The summed E-state index contributed by atoms with van der Waals surface area (Å²) in [7, 11) is 0. The monoisotopic (exact) mass is 389 g/mol. The number of nitrogens with zero attached hydrogens (tertiary/aromatic N) is 3. The first kappa shape index (κ1) is 17.8. The molecular weight excluding hydrogens is 378 g/mol. The lowest BCUT2D eigenvalue weighted by atomic mass is 10.2. The summed E-state index contributed by atoms with van der Waals surface area (Å²) in [6, 6.07) is 9.53. The van der Waals surface area contributed by atoms with Crippen molar-refractivity contribution < 1.29 is 19.6 Å². The summed E-state index contributed by atoms with van der Waals surface area (Å²) < 4.78 is 1.95. The maximum atomic E-state index is 12.3. The molecule has 1 saturated heterocycles. The van der Waals surface area contributed by atoms with Crippen LogP contribution in [0.1, 0.15) is 5.69 Å². The molecule has 1 aromatic heterocycles. The third-order valence-corrected chi connectivity index (χ3v) is 4.94.